The minimum absolute atomic E-state index is 0.0304. The lowest BCUT2D eigenvalue weighted by atomic mass is 9.93. The van der Waals surface area contributed by atoms with Crippen molar-refractivity contribution >= 4 is 11.8 Å². The summed E-state index contributed by atoms with van der Waals surface area (Å²) in [5, 5.41) is 34.3. The van der Waals surface area contributed by atoms with Gasteiger partial charge in [0.15, 0.2) is 0 Å². The molecule has 1 fully saturated rings. The molecule has 0 aromatic heterocycles. The second kappa shape index (κ2) is 8.05. The molecule has 0 saturated carbocycles. The number of hydrogen-bond acceptors (Lipinski definition) is 6. The molecule has 2 unspecified atom stereocenters. The van der Waals surface area contributed by atoms with Gasteiger partial charge in [0.25, 0.3) is 0 Å². The summed E-state index contributed by atoms with van der Waals surface area (Å²) in [5.41, 5.74) is -0.362. The molecule has 0 aromatic carbocycles. The summed E-state index contributed by atoms with van der Waals surface area (Å²) in [6.45, 7) is 6.76. The highest BCUT2D eigenvalue weighted by Gasteiger charge is 2.42. The van der Waals surface area contributed by atoms with Crippen molar-refractivity contribution in [1.29, 1.82) is 0 Å². The van der Waals surface area contributed by atoms with E-state index < -0.39 is 43.0 Å². The van der Waals surface area contributed by atoms with Gasteiger partial charge in [0.05, 0.1) is 18.8 Å². The zero-order valence-electron chi connectivity index (χ0n) is 14.1. The lowest BCUT2D eigenvalue weighted by molar-refractivity contribution is -0.190. The van der Waals surface area contributed by atoms with Crippen molar-refractivity contribution in [2.75, 3.05) is 6.61 Å². The molecule has 23 heavy (non-hydrogen) atoms. The first-order valence-corrected chi connectivity index (χ1v) is 7.78. The molecule has 0 aromatic rings. The molecule has 5 atom stereocenters. The fourth-order valence-corrected chi connectivity index (χ4v) is 2.47. The minimum Gasteiger partial charge on any atom is -0.394 e. The molecule has 0 aliphatic carbocycles. The van der Waals surface area contributed by atoms with Crippen LogP contribution in [0.15, 0.2) is 0 Å². The predicted molar refractivity (Wildman–Crippen MR) is 82.5 cm³/mol. The van der Waals surface area contributed by atoms with E-state index in [0.717, 1.165) is 0 Å². The van der Waals surface area contributed by atoms with Gasteiger partial charge < -0.3 is 30.7 Å². The third-order valence-corrected chi connectivity index (χ3v) is 3.60. The number of rotatable bonds is 5. The second-order valence-corrected chi connectivity index (χ2v) is 6.93. The molecule has 1 saturated heterocycles. The first-order valence-electron chi connectivity index (χ1n) is 7.78. The van der Waals surface area contributed by atoms with E-state index >= 15 is 0 Å². The van der Waals surface area contributed by atoms with Crippen molar-refractivity contribution in [3.05, 3.63) is 0 Å². The number of ether oxygens (including phenoxy) is 1. The van der Waals surface area contributed by atoms with Gasteiger partial charge in [-0.25, -0.2) is 0 Å². The topological polar surface area (TPSA) is 128 Å². The largest absolute Gasteiger partial charge is 0.394 e. The molecule has 5 N–H and O–H groups in total. The van der Waals surface area contributed by atoms with E-state index in [2.05, 4.69) is 10.6 Å². The standard InChI is InChI=1S/C15H28N2O6/c1-8-12(14(22)13(21)9(7-18)23-8)16-10(19)5-6-11(20)17-15(2,3)4/h8-9,12-14,18,21-22H,5-7H2,1-4H3,(H,16,19)(H,17,20)/t8-,9?,12?,13+,14+/m0/s1. The van der Waals surface area contributed by atoms with Crippen LogP contribution in [-0.4, -0.2) is 69.7 Å². The normalized spacial score (nSPS) is 31.5. The van der Waals surface area contributed by atoms with Gasteiger partial charge in [-0.05, 0) is 27.7 Å². The van der Waals surface area contributed by atoms with Crippen LogP contribution in [0.3, 0.4) is 0 Å². The molecular formula is C15H28N2O6. The van der Waals surface area contributed by atoms with E-state index in [9.17, 15) is 19.8 Å². The Morgan fingerprint density at radius 1 is 1.09 bits per heavy atom. The third kappa shape index (κ3) is 6.06. The molecule has 0 radical (unpaired) electrons. The van der Waals surface area contributed by atoms with Gasteiger partial charge in [0, 0.05) is 18.4 Å². The lowest BCUT2D eigenvalue weighted by Crippen LogP contribution is -2.63. The van der Waals surface area contributed by atoms with Crippen molar-refractivity contribution < 1.29 is 29.6 Å². The summed E-state index contributed by atoms with van der Waals surface area (Å²) in [7, 11) is 0. The number of amides is 2. The Morgan fingerprint density at radius 3 is 2.17 bits per heavy atom. The Morgan fingerprint density at radius 2 is 1.65 bits per heavy atom. The number of carbonyl (C=O) groups is 2. The number of aliphatic hydroxyl groups excluding tert-OH is 3. The van der Waals surface area contributed by atoms with Crippen LogP contribution >= 0.6 is 0 Å². The van der Waals surface area contributed by atoms with Crippen LogP contribution in [0, 0.1) is 0 Å². The molecular weight excluding hydrogens is 304 g/mol. The highest BCUT2D eigenvalue weighted by atomic mass is 16.5. The Labute approximate surface area is 136 Å². The van der Waals surface area contributed by atoms with E-state index in [-0.39, 0.29) is 24.3 Å². The zero-order valence-corrected chi connectivity index (χ0v) is 14.1. The Kier molecular flexibility index (Phi) is 6.94. The van der Waals surface area contributed by atoms with Gasteiger partial charge >= 0.3 is 0 Å². The summed E-state index contributed by atoms with van der Waals surface area (Å²) < 4.78 is 5.37. The third-order valence-electron chi connectivity index (χ3n) is 3.60. The van der Waals surface area contributed by atoms with Crippen LogP contribution < -0.4 is 10.6 Å². The van der Waals surface area contributed by atoms with E-state index in [1.807, 2.05) is 20.8 Å². The zero-order chi connectivity index (χ0) is 17.8. The molecule has 0 bridgehead atoms. The SMILES string of the molecule is C[C@@H]1OC(CO)[C@@H](O)[C@H](O)C1NC(=O)CCC(=O)NC(C)(C)C. The van der Waals surface area contributed by atoms with Crippen LogP contribution in [0.25, 0.3) is 0 Å². The Bertz CT molecular complexity index is 423. The first-order chi connectivity index (χ1) is 10.5. The van der Waals surface area contributed by atoms with Gasteiger partial charge in [-0.2, -0.15) is 0 Å². The maximum atomic E-state index is 11.9. The van der Waals surface area contributed by atoms with Crippen LogP contribution in [-0.2, 0) is 14.3 Å². The molecule has 8 heteroatoms. The summed E-state index contributed by atoms with van der Waals surface area (Å²) in [6, 6.07) is -0.800. The van der Waals surface area contributed by atoms with Crippen molar-refractivity contribution in [1.82, 2.24) is 10.6 Å². The van der Waals surface area contributed by atoms with E-state index in [1.54, 1.807) is 6.92 Å². The molecule has 8 nitrogen and oxygen atoms in total. The van der Waals surface area contributed by atoms with Gasteiger partial charge in [0.2, 0.25) is 11.8 Å². The molecule has 1 heterocycles. The Hall–Kier alpha value is -1.22. The molecule has 1 rings (SSSR count). The van der Waals surface area contributed by atoms with Gasteiger partial charge in [-0.3, -0.25) is 9.59 Å². The van der Waals surface area contributed by atoms with Gasteiger partial charge in [0.1, 0.15) is 18.3 Å². The summed E-state index contributed by atoms with van der Waals surface area (Å²) in [4.78, 5) is 23.6. The van der Waals surface area contributed by atoms with Gasteiger partial charge in [-0.15, -0.1) is 0 Å². The highest BCUT2D eigenvalue weighted by molar-refractivity contribution is 5.84. The number of nitrogens with one attached hydrogen (secondary N) is 2. The van der Waals surface area contributed by atoms with E-state index in [0.29, 0.717) is 0 Å². The number of aliphatic hydroxyl groups is 3. The van der Waals surface area contributed by atoms with Crippen LogP contribution in [0.2, 0.25) is 0 Å². The molecule has 0 spiro atoms. The highest BCUT2D eigenvalue weighted by Crippen LogP contribution is 2.21. The minimum atomic E-state index is -1.29. The average Bonchev–Trinajstić information content (AvgIpc) is 2.43. The van der Waals surface area contributed by atoms with E-state index in [1.165, 1.54) is 0 Å². The van der Waals surface area contributed by atoms with Crippen LogP contribution in [0.1, 0.15) is 40.5 Å². The summed E-state index contributed by atoms with van der Waals surface area (Å²) >= 11 is 0. The Balaban J connectivity index is 2.49. The number of hydrogen-bond donors (Lipinski definition) is 5. The maximum absolute atomic E-state index is 11.9. The van der Waals surface area contributed by atoms with Crippen molar-refractivity contribution in [2.45, 2.75) is 76.5 Å². The van der Waals surface area contributed by atoms with Crippen LogP contribution in [0.5, 0.6) is 0 Å². The van der Waals surface area contributed by atoms with Gasteiger partial charge in [-0.1, -0.05) is 0 Å². The average molecular weight is 332 g/mol. The quantitative estimate of drug-likeness (QED) is 0.424. The summed E-state index contributed by atoms with van der Waals surface area (Å²) in [5.74, 6) is -0.648. The van der Waals surface area contributed by atoms with Crippen LogP contribution in [0.4, 0.5) is 0 Å². The molecule has 1 aliphatic heterocycles. The predicted octanol–water partition coefficient (Wildman–Crippen LogP) is -1.33. The fourth-order valence-electron chi connectivity index (χ4n) is 2.47. The van der Waals surface area contributed by atoms with E-state index in [4.69, 9.17) is 9.84 Å². The first kappa shape index (κ1) is 19.8. The number of carbonyl (C=O) groups excluding carboxylic acids is 2. The maximum Gasteiger partial charge on any atom is 0.220 e. The molecule has 2 amide bonds. The van der Waals surface area contributed by atoms with Crippen molar-refractivity contribution in [3.8, 4) is 0 Å². The van der Waals surface area contributed by atoms with Crippen molar-refractivity contribution in [3.63, 3.8) is 0 Å². The fraction of sp³-hybridized carbons (Fsp3) is 0.867. The van der Waals surface area contributed by atoms with Crippen molar-refractivity contribution in [2.24, 2.45) is 0 Å². The smallest absolute Gasteiger partial charge is 0.220 e. The molecule has 134 valence electrons. The second-order valence-electron chi connectivity index (χ2n) is 6.93. The lowest BCUT2D eigenvalue weighted by Gasteiger charge is -2.41. The molecule has 1 aliphatic rings. The summed E-state index contributed by atoms with van der Waals surface area (Å²) in [6.07, 6.45) is -3.99. The monoisotopic (exact) mass is 332 g/mol.